The fourth-order valence-electron chi connectivity index (χ4n) is 1.60. The smallest absolute Gasteiger partial charge is 0.410 e. The van der Waals surface area contributed by atoms with Crippen molar-refractivity contribution in [3.63, 3.8) is 0 Å². The van der Waals surface area contributed by atoms with Gasteiger partial charge in [-0.05, 0) is 32.6 Å². The summed E-state index contributed by atoms with van der Waals surface area (Å²) in [5.41, 5.74) is -0.187. The number of ether oxygens (including phenoxy) is 1. The summed E-state index contributed by atoms with van der Waals surface area (Å²) in [4.78, 5) is 13.3. The molecule has 0 aromatic rings. The molecule has 80 valence electrons. The molecule has 2 aliphatic rings. The highest BCUT2D eigenvalue weighted by Gasteiger charge is 2.42. The van der Waals surface area contributed by atoms with Gasteiger partial charge in [0.05, 0.1) is 6.10 Å². The monoisotopic (exact) mass is 199 g/mol. The molecule has 0 aromatic carbocycles. The van der Waals surface area contributed by atoms with Gasteiger partial charge in [0.1, 0.15) is 5.60 Å². The van der Waals surface area contributed by atoms with Gasteiger partial charge in [0.25, 0.3) is 0 Å². The molecule has 1 N–H and O–H groups in total. The van der Waals surface area contributed by atoms with Crippen molar-refractivity contribution in [2.24, 2.45) is 0 Å². The van der Waals surface area contributed by atoms with E-state index in [-0.39, 0.29) is 17.8 Å². The molecule has 4 heteroatoms. The highest BCUT2D eigenvalue weighted by Crippen LogP contribution is 2.39. The van der Waals surface area contributed by atoms with Gasteiger partial charge < -0.3 is 14.7 Å². The van der Waals surface area contributed by atoms with E-state index in [1.807, 2.05) is 6.92 Å². The normalized spacial score (nSPS) is 26.0. The Labute approximate surface area is 83.8 Å². The number of hydrogen-bond acceptors (Lipinski definition) is 3. The van der Waals surface area contributed by atoms with Gasteiger partial charge in [0.15, 0.2) is 0 Å². The van der Waals surface area contributed by atoms with Crippen molar-refractivity contribution in [2.75, 3.05) is 13.1 Å². The molecule has 1 heterocycles. The number of aliphatic hydroxyl groups is 1. The first-order valence-corrected chi connectivity index (χ1v) is 5.25. The Morgan fingerprint density at radius 3 is 2.50 bits per heavy atom. The van der Waals surface area contributed by atoms with E-state index in [9.17, 15) is 9.90 Å². The maximum absolute atomic E-state index is 11.6. The molecule has 2 fully saturated rings. The van der Waals surface area contributed by atoms with Crippen LogP contribution >= 0.6 is 0 Å². The molecule has 1 aliphatic carbocycles. The molecular formula is C10H17NO3. The fraction of sp³-hybridized carbons (Fsp3) is 0.900. The highest BCUT2D eigenvalue weighted by atomic mass is 16.6. The first-order chi connectivity index (χ1) is 6.59. The van der Waals surface area contributed by atoms with Gasteiger partial charge in [-0.15, -0.1) is 0 Å². The van der Waals surface area contributed by atoms with Gasteiger partial charge in [-0.1, -0.05) is 0 Å². The number of piperidine rings is 1. The molecule has 0 bridgehead atoms. The van der Waals surface area contributed by atoms with Crippen LogP contribution < -0.4 is 0 Å². The third-order valence-corrected chi connectivity index (χ3v) is 3.01. The van der Waals surface area contributed by atoms with Crippen LogP contribution in [0.2, 0.25) is 0 Å². The van der Waals surface area contributed by atoms with Gasteiger partial charge in [0.2, 0.25) is 0 Å². The van der Waals surface area contributed by atoms with Crippen molar-refractivity contribution in [1.82, 2.24) is 4.90 Å². The first kappa shape index (κ1) is 9.77. The molecule has 4 nitrogen and oxygen atoms in total. The van der Waals surface area contributed by atoms with Crippen LogP contribution in [0.3, 0.4) is 0 Å². The predicted octanol–water partition coefficient (Wildman–Crippen LogP) is 1.13. The van der Waals surface area contributed by atoms with Gasteiger partial charge in [-0.3, -0.25) is 0 Å². The molecule has 0 aromatic heterocycles. The summed E-state index contributed by atoms with van der Waals surface area (Å²) in [7, 11) is 0. The van der Waals surface area contributed by atoms with E-state index >= 15 is 0 Å². The summed E-state index contributed by atoms with van der Waals surface area (Å²) in [6.07, 6.45) is 2.86. The molecular weight excluding hydrogens is 182 g/mol. The van der Waals surface area contributed by atoms with Crippen molar-refractivity contribution in [2.45, 2.75) is 44.3 Å². The van der Waals surface area contributed by atoms with E-state index < -0.39 is 0 Å². The molecule has 0 atom stereocenters. The summed E-state index contributed by atoms with van der Waals surface area (Å²) in [5.74, 6) is 0. The zero-order chi connectivity index (χ0) is 10.2. The maximum atomic E-state index is 11.6. The quantitative estimate of drug-likeness (QED) is 0.688. The zero-order valence-electron chi connectivity index (χ0n) is 8.53. The zero-order valence-corrected chi connectivity index (χ0v) is 8.53. The Morgan fingerprint density at radius 2 is 2.00 bits per heavy atom. The van der Waals surface area contributed by atoms with Gasteiger partial charge in [-0.2, -0.15) is 0 Å². The number of hydrogen-bond donors (Lipinski definition) is 1. The third-order valence-electron chi connectivity index (χ3n) is 3.01. The summed E-state index contributed by atoms with van der Waals surface area (Å²) >= 11 is 0. The van der Waals surface area contributed by atoms with E-state index in [0.29, 0.717) is 25.9 Å². The third kappa shape index (κ3) is 2.18. The predicted molar refractivity (Wildman–Crippen MR) is 50.9 cm³/mol. The van der Waals surface area contributed by atoms with E-state index in [1.54, 1.807) is 4.90 Å². The van der Waals surface area contributed by atoms with Crippen LogP contribution in [0.25, 0.3) is 0 Å². The second kappa shape index (κ2) is 3.42. The number of carbonyl (C=O) groups is 1. The minimum absolute atomic E-state index is 0.187. The van der Waals surface area contributed by atoms with Crippen LogP contribution in [0.15, 0.2) is 0 Å². The van der Waals surface area contributed by atoms with Crippen LogP contribution in [0.5, 0.6) is 0 Å². The van der Waals surface area contributed by atoms with E-state index in [0.717, 1.165) is 12.8 Å². The lowest BCUT2D eigenvalue weighted by atomic mass is 10.1. The Kier molecular flexibility index (Phi) is 2.39. The Morgan fingerprint density at radius 1 is 1.43 bits per heavy atom. The van der Waals surface area contributed by atoms with E-state index in [2.05, 4.69) is 0 Å². The average Bonchev–Trinajstić information content (AvgIpc) is 2.84. The first-order valence-electron chi connectivity index (χ1n) is 5.25. The SMILES string of the molecule is CC1(OC(=O)N2CCC(O)CC2)CC1. The second-order valence-corrected chi connectivity index (χ2v) is 4.54. The molecule has 1 saturated carbocycles. The lowest BCUT2D eigenvalue weighted by Gasteiger charge is -2.29. The van der Waals surface area contributed by atoms with Gasteiger partial charge in [0, 0.05) is 13.1 Å². The molecule has 2 rings (SSSR count). The van der Waals surface area contributed by atoms with Crippen molar-refractivity contribution < 1.29 is 14.6 Å². The molecule has 0 spiro atoms. The van der Waals surface area contributed by atoms with E-state index in [1.165, 1.54) is 0 Å². The van der Waals surface area contributed by atoms with Crippen LogP contribution in [0, 0.1) is 0 Å². The Balaban J connectivity index is 1.80. The maximum Gasteiger partial charge on any atom is 0.410 e. The van der Waals surface area contributed by atoms with Crippen molar-refractivity contribution >= 4 is 6.09 Å². The molecule has 1 saturated heterocycles. The standard InChI is InChI=1S/C10H17NO3/c1-10(4-5-10)14-9(13)11-6-2-8(12)3-7-11/h8,12H,2-7H2,1H3. The highest BCUT2D eigenvalue weighted by molar-refractivity contribution is 5.68. The average molecular weight is 199 g/mol. The van der Waals surface area contributed by atoms with Gasteiger partial charge in [-0.25, -0.2) is 4.79 Å². The number of amides is 1. The van der Waals surface area contributed by atoms with Crippen molar-refractivity contribution in [3.8, 4) is 0 Å². The van der Waals surface area contributed by atoms with Crippen LogP contribution in [-0.4, -0.2) is 40.9 Å². The summed E-state index contributed by atoms with van der Waals surface area (Å²) in [6, 6.07) is 0. The number of carbonyl (C=O) groups excluding carboxylic acids is 1. The van der Waals surface area contributed by atoms with Crippen molar-refractivity contribution in [3.05, 3.63) is 0 Å². The lowest BCUT2D eigenvalue weighted by molar-refractivity contribution is 0.0342. The number of aliphatic hydroxyl groups excluding tert-OH is 1. The van der Waals surface area contributed by atoms with Crippen LogP contribution in [0.4, 0.5) is 4.79 Å². The fourth-order valence-corrected chi connectivity index (χ4v) is 1.60. The summed E-state index contributed by atoms with van der Waals surface area (Å²) in [6.45, 7) is 3.20. The minimum atomic E-state index is -0.240. The molecule has 0 radical (unpaired) electrons. The van der Waals surface area contributed by atoms with Crippen LogP contribution in [0.1, 0.15) is 32.6 Å². The Bertz CT molecular complexity index is 230. The number of likely N-dealkylation sites (tertiary alicyclic amines) is 1. The van der Waals surface area contributed by atoms with Gasteiger partial charge >= 0.3 is 6.09 Å². The van der Waals surface area contributed by atoms with Crippen molar-refractivity contribution in [1.29, 1.82) is 0 Å². The van der Waals surface area contributed by atoms with E-state index in [4.69, 9.17) is 4.74 Å². The number of nitrogens with zero attached hydrogens (tertiary/aromatic N) is 1. The molecule has 0 unspecified atom stereocenters. The second-order valence-electron chi connectivity index (χ2n) is 4.54. The largest absolute Gasteiger partial charge is 0.443 e. The molecule has 14 heavy (non-hydrogen) atoms. The summed E-state index contributed by atoms with van der Waals surface area (Å²) < 4.78 is 5.33. The number of rotatable bonds is 1. The molecule has 1 amide bonds. The Hall–Kier alpha value is -0.770. The minimum Gasteiger partial charge on any atom is -0.443 e. The molecule has 1 aliphatic heterocycles. The van der Waals surface area contributed by atoms with Crippen LogP contribution in [-0.2, 0) is 4.74 Å². The summed E-state index contributed by atoms with van der Waals surface area (Å²) in [5, 5.41) is 9.27. The topological polar surface area (TPSA) is 49.8 Å². The lowest BCUT2D eigenvalue weighted by Crippen LogP contribution is -2.41.